The highest BCUT2D eigenvalue weighted by Gasteiger charge is 2.45. The lowest BCUT2D eigenvalue weighted by molar-refractivity contribution is -0.129. The predicted octanol–water partition coefficient (Wildman–Crippen LogP) is 2.80. The van der Waals surface area contributed by atoms with Crippen LogP contribution in [-0.2, 0) is 4.74 Å². The summed E-state index contributed by atoms with van der Waals surface area (Å²) in [6.45, 7) is 4.24. The molecular formula is C15H21NO2. The number of para-hydroxylation sites is 1. The van der Waals surface area contributed by atoms with E-state index in [9.17, 15) is 0 Å². The highest BCUT2D eigenvalue weighted by atomic mass is 16.5. The summed E-state index contributed by atoms with van der Waals surface area (Å²) in [5, 5.41) is 0. The minimum absolute atomic E-state index is 0.0763. The molecule has 3 rings (SSSR count). The fraction of sp³-hybridized carbons (Fsp3) is 0.600. The molecule has 18 heavy (non-hydrogen) atoms. The molecule has 3 unspecified atom stereocenters. The first-order valence-corrected chi connectivity index (χ1v) is 6.77. The van der Waals surface area contributed by atoms with Crippen LogP contribution in [0.25, 0.3) is 0 Å². The van der Waals surface area contributed by atoms with Crippen molar-refractivity contribution in [3.63, 3.8) is 0 Å². The molecule has 3 atom stereocenters. The Bertz CT molecular complexity index is 436. The van der Waals surface area contributed by atoms with E-state index in [1.807, 2.05) is 18.2 Å². The van der Waals surface area contributed by atoms with Crippen LogP contribution in [0.1, 0.15) is 44.7 Å². The summed E-state index contributed by atoms with van der Waals surface area (Å²) < 4.78 is 12.1. The quantitative estimate of drug-likeness (QED) is 0.766. The summed E-state index contributed by atoms with van der Waals surface area (Å²) >= 11 is 0. The summed E-state index contributed by atoms with van der Waals surface area (Å²) in [5.74, 6) is 0.956. The van der Waals surface area contributed by atoms with Gasteiger partial charge >= 0.3 is 0 Å². The fourth-order valence-electron chi connectivity index (χ4n) is 3.54. The molecule has 2 aliphatic rings. The first-order valence-electron chi connectivity index (χ1n) is 6.77. The molecule has 98 valence electrons. The maximum Gasteiger partial charge on any atom is 0.124 e. The largest absolute Gasteiger partial charge is 0.487 e. The Kier molecular flexibility index (Phi) is 2.83. The molecule has 1 spiro atoms. The van der Waals surface area contributed by atoms with Crippen molar-refractivity contribution in [2.24, 2.45) is 5.73 Å². The normalized spacial score (nSPS) is 39.2. The van der Waals surface area contributed by atoms with Gasteiger partial charge in [0, 0.05) is 30.9 Å². The van der Waals surface area contributed by atoms with Crippen molar-refractivity contribution in [2.45, 2.75) is 57.0 Å². The minimum Gasteiger partial charge on any atom is -0.487 e. The molecule has 1 aromatic carbocycles. The van der Waals surface area contributed by atoms with Crippen LogP contribution in [-0.4, -0.2) is 17.8 Å². The van der Waals surface area contributed by atoms with Crippen LogP contribution in [0, 0.1) is 0 Å². The van der Waals surface area contributed by atoms with Gasteiger partial charge < -0.3 is 15.2 Å². The van der Waals surface area contributed by atoms with Crippen LogP contribution in [0.4, 0.5) is 0 Å². The Balaban J connectivity index is 1.93. The van der Waals surface area contributed by atoms with Crippen LogP contribution < -0.4 is 10.5 Å². The smallest absolute Gasteiger partial charge is 0.124 e. The van der Waals surface area contributed by atoms with Crippen molar-refractivity contribution in [1.82, 2.24) is 0 Å². The molecule has 1 saturated heterocycles. The van der Waals surface area contributed by atoms with E-state index in [4.69, 9.17) is 15.2 Å². The molecule has 0 amide bonds. The zero-order valence-electron chi connectivity index (χ0n) is 11.1. The second-order valence-electron chi connectivity index (χ2n) is 5.80. The summed E-state index contributed by atoms with van der Waals surface area (Å²) in [5.41, 5.74) is 7.32. The number of hydrogen-bond acceptors (Lipinski definition) is 3. The Morgan fingerprint density at radius 1 is 1.11 bits per heavy atom. The molecule has 0 aromatic heterocycles. The number of fused-ring (bicyclic) bond motifs is 1. The molecule has 2 N–H and O–H groups in total. The highest BCUT2D eigenvalue weighted by Crippen LogP contribution is 2.45. The van der Waals surface area contributed by atoms with E-state index >= 15 is 0 Å². The average Bonchev–Trinajstić information content (AvgIpc) is 2.26. The molecule has 3 nitrogen and oxygen atoms in total. The van der Waals surface area contributed by atoms with Gasteiger partial charge in [-0.1, -0.05) is 18.2 Å². The van der Waals surface area contributed by atoms with Crippen molar-refractivity contribution in [3.8, 4) is 5.75 Å². The van der Waals surface area contributed by atoms with Gasteiger partial charge in [0.15, 0.2) is 0 Å². The van der Waals surface area contributed by atoms with E-state index in [-0.39, 0.29) is 23.9 Å². The van der Waals surface area contributed by atoms with E-state index in [2.05, 4.69) is 19.9 Å². The molecule has 0 radical (unpaired) electrons. The summed E-state index contributed by atoms with van der Waals surface area (Å²) in [4.78, 5) is 0. The van der Waals surface area contributed by atoms with Crippen molar-refractivity contribution < 1.29 is 9.47 Å². The maximum absolute atomic E-state index is 6.32. The third kappa shape index (κ3) is 2.02. The molecule has 1 aromatic rings. The van der Waals surface area contributed by atoms with Crippen LogP contribution in [0.15, 0.2) is 24.3 Å². The topological polar surface area (TPSA) is 44.5 Å². The van der Waals surface area contributed by atoms with Crippen LogP contribution in [0.5, 0.6) is 5.75 Å². The van der Waals surface area contributed by atoms with Crippen LogP contribution >= 0.6 is 0 Å². The van der Waals surface area contributed by atoms with Crippen molar-refractivity contribution in [2.75, 3.05) is 0 Å². The maximum atomic E-state index is 6.32. The van der Waals surface area contributed by atoms with Gasteiger partial charge in [0.05, 0.1) is 12.2 Å². The van der Waals surface area contributed by atoms with Gasteiger partial charge in [-0.3, -0.25) is 0 Å². The summed E-state index contributed by atoms with van der Waals surface area (Å²) in [6, 6.07) is 8.21. The van der Waals surface area contributed by atoms with Crippen molar-refractivity contribution in [3.05, 3.63) is 29.8 Å². The number of hydrogen-bond donors (Lipinski definition) is 1. The van der Waals surface area contributed by atoms with Crippen LogP contribution in [0.3, 0.4) is 0 Å². The Labute approximate surface area is 108 Å². The van der Waals surface area contributed by atoms with E-state index in [1.165, 1.54) is 0 Å². The zero-order chi connectivity index (χ0) is 12.8. The standard InChI is InChI=1S/C15H21NO2/c1-10-7-15(8-11(2)17-10)9-13(16)12-5-3-4-6-14(12)18-15/h3-6,10-11,13H,7-9,16H2,1-2H3. The van der Waals surface area contributed by atoms with E-state index in [0.717, 1.165) is 30.6 Å². The van der Waals surface area contributed by atoms with Crippen molar-refractivity contribution >= 4 is 0 Å². The molecule has 2 aliphatic heterocycles. The molecule has 0 bridgehead atoms. The van der Waals surface area contributed by atoms with E-state index < -0.39 is 0 Å². The fourth-order valence-corrected chi connectivity index (χ4v) is 3.54. The monoisotopic (exact) mass is 247 g/mol. The number of benzene rings is 1. The average molecular weight is 247 g/mol. The van der Waals surface area contributed by atoms with Gasteiger partial charge in [-0.05, 0) is 19.9 Å². The summed E-state index contributed by atoms with van der Waals surface area (Å²) in [6.07, 6.45) is 3.23. The second-order valence-corrected chi connectivity index (χ2v) is 5.80. The van der Waals surface area contributed by atoms with Crippen molar-refractivity contribution in [1.29, 1.82) is 0 Å². The molecular weight excluding hydrogens is 226 g/mol. The molecule has 0 aliphatic carbocycles. The number of ether oxygens (including phenoxy) is 2. The number of nitrogens with two attached hydrogens (primary N) is 1. The second kappa shape index (κ2) is 4.25. The van der Waals surface area contributed by atoms with E-state index in [1.54, 1.807) is 0 Å². The molecule has 1 fully saturated rings. The minimum atomic E-state index is -0.134. The molecule has 3 heteroatoms. The van der Waals surface area contributed by atoms with Gasteiger partial charge in [0.1, 0.15) is 11.4 Å². The third-order valence-corrected chi connectivity index (χ3v) is 4.02. The van der Waals surface area contributed by atoms with Gasteiger partial charge in [0.2, 0.25) is 0 Å². The molecule has 2 heterocycles. The third-order valence-electron chi connectivity index (χ3n) is 4.02. The van der Waals surface area contributed by atoms with Crippen LogP contribution in [0.2, 0.25) is 0 Å². The highest BCUT2D eigenvalue weighted by molar-refractivity contribution is 5.38. The van der Waals surface area contributed by atoms with Gasteiger partial charge in [-0.2, -0.15) is 0 Å². The Hall–Kier alpha value is -1.06. The molecule has 0 saturated carbocycles. The van der Waals surface area contributed by atoms with Gasteiger partial charge in [0.25, 0.3) is 0 Å². The van der Waals surface area contributed by atoms with Gasteiger partial charge in [-0.15, -0.1) is 0 Å². The first-order chi connectivity index (χ1) is 8.58. The first kappa shape index (κ1) is 12.0. The predicted molar refractivity (Wildman–Crippen MR) is 70.6 cm³/mol. The zero-order valence-corrected chi connectivity index (χ0v) is 11.1. The summed E-state index contributed by atoms with van der Waals surface area (Å²) in [7, 11) is 0. The Morgan fingerprint density at radius 3 is 2.50 bits per heavy atom. The number of rotatable bonds is 0. The lowest BCUT2D eigenvalue weighted by Crippen LogP contribution is -2.51. The van der Waals surface area contributed by atoms with Gasteiger partial charge in [-0.25, -0.2) is 0 Å². The van der Waals surface area contributed by atoms with E-state index in [0.29, 0.717) is 0 Å². The lowest BCUT2D eigenvalue weighted by Gasteiger charge is -2.47. The Morgan fingerprint density at radius 2 is 1.78 bits per heavy atom. The lowest BCUT2D eigenvalue weighted by atomic mass is 9.79. The SMILES string of the molecule is CC1CC2(CC(C)O1)CC(N)c1ccccc1O2.